The van der Waals surface area contributed by atoms with Crippen molar-refractivity contribution in [2.24, 2.45) is 0 Å². The summed E-state index contributed by atoms with van der Waals surface area (Å²) < 4.78 is 2.25. The number of para-hydroxylation sites is 3. The second-order valence-corrected chi connectivity index (χ2v) is 14.7. The van der Waals surface area contributed by atoms with Crippen LogP contribution in [0.15, 0.2) is 158 Å². The van der Waals surface area contributed by atoms with E-state index in [0.29, 0.717) is 0 Å². The predicted molar refractivity (Wildman–Crippen MR) is 215 cm³/mol. The average Bonchev–Trinajstić information content (AvgIpc) is 3.70. The molecule has 3 heterocycles. The van der Waals surface area contributed by atoms with E-state index in [4.69, 9.17) is 4.98 Å². The van der Waals surface area contributed by atoms with Crippen LogP contribution in [0, 0.1) is 18.8 Å². The van der Waals surface area contributed by atoms with Gasteiger partial charge >= 0.3 is 0 Å². The summed E-state index contributed by atoms with van der Waals surface area (Å²) in [6, 6.07) is 62.3. The van der Waals surface area contributed by atoms with Crippen molar-refractivity contribution in [1.82, 2.24) is 9.55 Å². The molecule has 0 saturated heterocycles. The first-order valence-corrected chi connectivity index (χ1v) is 17.9. The maximum absolute atomic E-state index is 4.83. The maximum atomic E-state index is 4.83. The minimum Gasteiger partial charge on any atom is -0.504 e. The van der Waals surface area contributed by atoms with Crippen LogP contribution in [0.25, 0.3) is 27.6 Å². The molecule has 6 aromatic carbocycles. The van der Waals surface area contributed by atoms with Gasteiger partial charge in [-0.25, -0.2) is 4.98 Å². The van der Waals surface area contributed by atoms with E-state index in [-0.39, 0.29) is 26.5 Å². The van der Waals surface area contributed by atoms with Gasteiger partial charge in [0.2, 0.25) is 0 Å². The van der Waals surface area contributed by atoms with Crippen molar-refractivity contribution in [2.45, 2.75) is 31.6 Å². The van der Waals surface area contributed by atoms with E-state index in [9.17, 15) is 0 Å². The zero-order chi connectivity index (χ0) is 35.5. The Labute approximate surface area is 326 Å². The van der Waals surface area contributed by atoms with Crippen LogP contribution in [0.1, 0.15) is 48.6 Å². The third-order valence-corrected chi connectivity index (χ3v) is 10.5. The van der Waals surface area contributed by atoms with Gasteiger partial charge in [0.05, 0.1) is 0 Å². The second-order valence-electron chi connectivity index (χ2n) is 14.7. The minimum absolute atomic E-state index is 0. The molecule has 0 radical (unpaired) electrons. The monoisotopic (exact) mass is 866 g/mol. The van der Waals surface area contributed by atoms with Gasteiger partial charge in [-0.05, 0) is 59.3 Å². The fourth-order valence-electron chi connectivity index (χ4n) is 7.92. The summed E-state index contributed by atoms with van der Waals surface area (Å²) >= 11 is 0. The van der Waals surface area contributed by atoms with Crippen molar-refractivity contribution in [1.29, 1.82) is 0 Å². The Morgan fingerprint density at radius 1 is 0.585 bits per heavy atom. The van der Waals surface area contributed by atoms with Crippen LogP contribution in [0.5, 0.6) is 0 Å². The molecule has 2 aromatic heterocycles. The van der Waals surface area contributed by atoms with Crippen molar-refractivity contribution >= 4 is 38.9 Å². The summed E-state index contributed by atoms with van der Waals surface area (Å²) in [6.45, 7) is 9.04. The summed E-state index contributed by atoms with van der Waals surface area (Å²) in [5, 5.41) is 2.31. The van der Waals surface area contributed by atoms with Crippen LogP contribution < -0.4 is 9.80 Å². The third-order valence-electron chi connectivity index (χ3n) is 10.5. The first kappa shape index (κ1) is 34.6. The van der Waals surface area contributed by atoms with Crippen molar-refractivity contribution in [2.75, 3.05) is 16.8 Å². The van der Waals surface area contributed by atoms with Gasteiger partial charge in [0, 0.05) is 49.6 Å². The van der Waals surface area contributed by atoms with Crippen LogP contribution in [0.3, 0.4) is 0 Å². The van der Waals surface area contributed by atoms with Crippen molar-refractivity contribution < 1.29 is 21.1 Å². The second kappa shape index (κ2) is 13.5. The fourth-order valence-corrected chi connectivity index (χ4v) is 7.92. The maximum Gasteiger partial charge on any atom is 0.135 e. The first-order chi connectivity index (χ1) is 25.3. The summed E-state index contributed by atoms with van der Waals surface area (Å²) in [5.41, 5.74) is 10.1. The Morgan fingerprint density at radius 2 is 1.23 bits per heavy atom. The SMILES string of the molecule is CN1[CH-]N(c2[c-]c(C(c3[c-]c4c(cc3)c3ccccc3n4-c3ccccn3)(c3ccccc3)c3ccccc3)cc(C(C)(C)C)c2)c2ccccc21.[Pt]. The third kappa shape index (κ3) is 5.68. The average molecular weight is 867 g/mol. The Kier molecular flexibility index (Phi) is 8.83. The summed E-state index contributed by atoms with van der Waals surface area (Å²) in [5.74, 6) is 0.864. The summed E-state index contributed by atoms with van der Waals surface area (Å²) in [4.78, 5) is 9.30. The molecule has 0 fully saturated rings. The smallest absolute Gasteiger partial charge is 0.135 e. The summed E-state index contributed by atoms with van der Waals surface area (Å²) in [7, 11) is 2.11. The Balaban J connectivity index is 0.00000400. The largest absolute Gasteiger partial charge is 0.504 e. The molecule has 0 amide bonds. The van der Waals surface area contributed by atoms with E-state index in [1.54, 1.807) is 0 Å². The molecule has 264 valence electrons. The van der Waals surface area contributed by atoms with Crippen LogP contribution in [0.2, 0.25) is 0 Å². The summed E-state index contributed by atoms with van der Waals surface area (Å²) in [6.07, 6.45) is 1.86. The van der Waals surface area contributed by atoms with Crippen molar-refractivity contribution in [3.8, 4) is 5.82 Å². The van der Waals surface area contributed by atoms with Gasteiger partial charge in [-0.2, -0.15) is 42.6 Å². The number of anilines is 3. The molecule has 0 bridgehead atoms. The van der Waals surface area contributed by atoms with Gasteiger partial charge in [0.1, 0.15) is 5.82 Å². The molecule has 0 saturated carbocycles. The first-order valence-electron chi connectivity index (χ1n) is 17.9. The topological polar surface area (TPSA) is 24.3 Å². The Morgan fingerprint density at radius 3 is 1.91 bits per heavy atom. The quantitative estimate of drug-likeness (QED) is 0.123. The van der Waals surface area contributed by atoms with Crippen LogP contribution >= 0.6 is 0 Å². The molecule has 9 rings (SSSR count). The Bertz CT molecular complexity index is 2510. The van der Waals surface area contributed by atoms with E-state index >= 15 is 0 Å². The molecule has 0 N–H and O–H groups in total. The van der Waals surface area contributed by atoms with Gasteiger partial charge in [-0.1, -0.05) is 123 Å². The normalized spacial score (nSPS) is 13.0. The molecule has 1 aliphatic rings. The number of aromatic nitrogens is 2. The van der Waals surface area contributed by atoms with E-state index in [1.165, 1.54) is 10.9 Å². The number of benzene rings is 6. The molecule has 8 aromatic rings. The zero-order valence-corrected chi connectivity index (χ0v) is 32.5. The molecular weight excluding hydrogens is 828 g/mol. The number of rotatable bonds is 6. The molecular formula is C48H39N4Pt-3. The van der Waals surface area contributed by atoms with E-state index in [0.717, 1.165) is 61.6 Å². The number of nitrogens with zero attached hydrogens (tertiary/aromatic N) is 4. The van der Waals surface area contributed by atoms with E-state index in [2.05, 4.69) is 201 Å². The van der Waals surface area contributed by atoms with Crippen LogP contribution in [-0.2, 0) is 31.9 Å². The molecule has 0 unspecified atom stereocenters. The number of pyridine rings is 1. The number of hydrogen-bond donors (Lipinski definition) is 0. The molecule has 5 heteroatoms. The molecule has 53 heavy (non-hydrogen) atoms. The van der Waals surface area contributed by atoms with Crippen molar-refractivity contribution in [3.05, 3.63) is 204 Å². The molecule has 0 spiro atoms. The fraction of sp³-hybridized carbons (Fsp3) is 0.125. The van der Waals surface area contributed by atoms with Crippen LogP contribution in [-0.4, -0.2) is 16.6 Å². The van der Waals surface area contributed by atoms with Gasteiger partial charge in [0.25, 0.3) is 0 Å². The standard InChI is InChI=1S/C48H39N4.Pt/c1-47(2,3)37-29-38(31-39(30-37)51-33-50(4)43-23-13-14-24-44(43)51)48(34-17-7-5-8-18-34,35-19-9-6-10-20-35)36-26-27-41-40-21-11-12-22-42(40)52(45(41)32-36)46-25-15-16-28-49-46;/h5-30,33H,1-4H3;/q-3;. The number of fused-ring (bicyclic) bond motifs is 4. The molecule has 0 aliphatic carbocycles. The van der Waals surface area contributed by atoms with Gasteiger partial charge in [-0.3, -0.25) is 0 Å². The molecule has 0 atom stereocenters. The van der Waals surface area contributed by atoms with E-state index < -0.39 is 5.41 Å². The predicted octanol–water partition coefficient (Wildman–Crippen LogP) is 11.2. The molecule has 1 aliphatic heterocycles. The van der Waals surface area contributed by atoms with Crippen LogP contribution in [0.4, 0.5) is 17.1 Å². The zero-order valence-electron chi connectivity index (χ0n) is 30.2. The van der Waals surface area contributed by atoms with Crippen molar-refractivity contribution in [3.63, 3.8) is 0 Å². The van der Waals surface area contributed by atoms with Gasteiger partial charge in [-0.15, -0.1) is 28.3 Å². The van der Waals surface area contributed by atoms with Gasteiger partial charge < -0.3 is 14.4 Å². The Hall–Kier alpha value is -5.44. The molecule has 4 nitrogen and oxygen atoms in total. The van der Waals surface area contributed by atoms with E-state index in [1.807, 2.05) is 18.3 Å². The van der Waals surface area contributed by atoms with Gasteiger partial charge in [0.15, 0.2) is 0 Å². The minimum atomic E-state index is -0.775. The number of hydrogen-bond acceptors (Lipinski definition) is 3.